The van der Waals surface area contributed by atoms with Crippen LogP contribution in [0, 0.1) is 11.8 Å². The summed E-state index contributed by atoms with van der Waals surface area (Å²) in [6, 6.07) is 7.61. The van der Waals surface area contributed by atoms with E-state index in [4.69, 9.17) is 14.6 Å². The number of ether oxygens (including phenoxy) is 2. The van der Waals surface area contributed by atoms with Crippen LogP contribution < -0.4 is 4.74 Å². The number of aliphatic hydroxyl groups is 1. The number of hydrogen-bond acceptors (Lipinski definition) is 3. The lowest BCUT2D eigenvalue weighted by molar-refractivity contribution is 0.110. The van der Waals surface area contributed by atoms with Crippen molar-refractivity contribution in [3.8, 4) is 17.6 Å². The van der Waals surface area contributed by atoms with Crippen LogP contribution in [0.1, 0.15) is 18.9 Å². The molecule has 92 valence electrons. The van der Waals surface area contributed by atoms with Crippen molar-refractivity contribution in [1.29, 1.82) is 0 Å². The molecule has 0 aliphatic rings. The van der Waals surface area contributed by atoms with Crippen LogP contribution in [0.25, 0.3) is 0 Å². The Balaban J connectivity index is 2.56. The number of para-hydroxylation sites is 1. The first-order valence-corrected chi connectivity index (χ1v) is 5.77. The summed E-state index contributed by atoms with van der Waals surface area (Å²) in [5.41, 5.74) is 0.845. The molecule has 3 nitrogen and oxygen atoms in total. The van der Waals surface area contributed by atoms with Crippen LogP contribution in [0.5, 0.6) is 5.75 Å². The van der Waals surface area contributed by atoms with Gasteiger partial charge in [-0.3, -0.25) is 0 Å². The smallest absolute Gasteiger partial charge is 0.135 e. The van der Waals surface area contributed by atoms with Gasteiger partial charge in [-0.25, -0.2) is 0 Å². The van der Waals surface area contributed by atoms with Gasteiger partial charge in [0, 0.05) is 13.0 Å². The summed E-state index contributed by atoms with van der Waals surface area (Å²) in [6.45, 7) is 3.83. The van der Waals surface area contributed by atoms with Gasteiger partial charge in [0.05, 0.1) is 18.8 Å². The van der Waals surface area contributed by atoms with Crippen LogP contribution in [0.2, 0.25) is 0 Å². The predicted octanol–water partition coefficient (Wildman–Crippen LogP) is 1.84. The topological polar surface area (TPSA) is 38.7 Å². The van der Waals surface area contributed by atoms with Crippen LogP contribution in [-0.2, 0) is 4.74 Å². The van der Waals surface area contributed by atoms with Crippen LogP contribution in [0.15, 0.2) is 24.3 Å². The minimum atomic E-state index is 0.0837. The average molecular weight is 234 g/mol. The average Bonchev–Trinajstić information content (AvgIpc) is 2.36. The van der Waals surface area contributed by atoms with Gasteiger partial charge in [-0.05, 0) is 19.1 Å². The Labute approximate surface area is 102 Å². The zero-order chi connectivity index (χ0) is 12.3. The van der Waals surface area contributed by atoms with E-state index in [1.54, 1.807) is 0 Å². The maximum absolute atomic E-state index is 8.66. The SMILES string of the molecule is CCOCCOc1ccccc1C#CCCO. The molecule has 0 aliphatic heterocycles. The van der Waals surface area contributed by atoms with E-state index in [9.17, 15) is 0 Å². The van der Waals surface area contributed by atoms with Crippen molar-refractivity contribution in [2.24, 2.45) is 0 Å². The van der Waals surface area contributed by atoms with Crippen LogP contribution >= 0.6 is 0 Å². The monoisotopic (exact) mass is 234 g/mol. The van der Waals surface area contributed by atoms with Crippen LogP contribution in [0.3, 0.4) is 0 Å². The molecule has 0 aliphatic carbocycles. The minimum absolute atomic E-state index is 0.0837. The van der Waals surface area contributed by atoms with Gasteiger partial charge >= 0.3 is 0 Å². The van der Waals surface area contributed by atoms with E-state index in [2.05, 4.69) is 11.8 Å². The summed E-state index contributed by atoms with van der Waals surface area (Å²) >= 11 is 0. The first kappa shape index (κ1) is 13.6. The summed E-state index contributed by atoms with van der Waals surface area (Å²) in [7, 11) is 0. The van der Waals surface area contributed by atoms with Gasteiger partial charge in [0.2, 0.25) is 0 Å². The zero-order valence-corrected chi connectivity index (χ0v) is 10.1. The van der Waals surface area contributed by atoms with Gasteiger partial charge in [0.15, 0.2) is 0 Å². The molecule has 1 rings (SSSR count). The van der Waals surface area contributed by atoms with E-state index >= 15 is 0 Å². The van der Waals surface area contributed by atoms with Gasteiger partial charge in [0.1, 0.15) is 12.4 Å². The Morgan fingerprint density at radius 3 is 2.82 bits per heavy atom. The molecular weight excluding hydrogens is 216 g/mol. The second kappa shape index (κ2) is 8.63. The second-order valence-corrected chi connectivity index (χ2v) is 3.32. The lowest BCUT2D eigenvalue weighted by atomic mass is 10.2. The fraction of sp³-hybridized carbons (Fsp3) is 0.429. The summed E-state index contributed by atoms with van der Waals surface area (Å²) in [5.74, 6) is 6.62. The van der Waals surface area contributed by atoms with Crippen molar-refractivity contribution in [2.45, 2.75) is 13.3 Å². The Hall–Kier alpha value is -1.50. The van der Waals surface area contributed by atoms with E-state index in [0.29, 0.717) is 26.2 Å². The summed E-state index contributed by atoms with van der Waals surface area (Å²) in [4.78, 5) is 0. The summed E-state index contributed by atoms with van der Waals surface area (Å²) < 4.78 is 10.8. The van der Waals surface area contributed by atoms with Crippen molar-refractivity contribution >= 4 is 0 Å². The van der Waals surface area contributed by atoms with Gasteiger partial charge in [-0.2, -0.15) is 0 Å². The lowest BCUT2D eigenvalue weighted by Crippen LogP contribution is -2.07. The second-order valence-electron chi connectivity index (χ2n) is 3.32. The maximum Gasteiger partial charge on any atom is 0.135 e. The molecule has 1 N–H and O–H groups in total. The highest BCUT2D eigenvalue weighted by Crippen LogP contribution is 2.16. The molecule has 0 saturated heterocycles. The van der Waals surface area contributed by atoms with Gasteiger partial charge in [-0.15, -0.1) is 0 Å². The molecular formula is C14H18O3. The molecule has 17 heavy (non-hydrogen) atoms. The molecule has 0 unspecified atom stereocenters. The molecule has 0 bridgehead atoms. The van der Waals surface area contributed by atoms with Crippen LogP contribution in [0.4, 0.5) is 0 Å². The highest BCUT2D eigenvalue weighted by Gasteiger charge is 1.99. The fourth-order valence-electron chi connectivity index (χ4n) is 1.26. The standard InChI is InChI=1S/C14H18O3/c1-2-16-11-12-17-14-9-4-3-7-13(14)8-5-6-10-15/h3-4,7,9,15H,2,6,10-12H2,1H3. The van der Waals surface area contributed by atoms with Gasteiger partial charge in [0.25, 0.3) is 0 Å². The quantitative estimate of drug-likeness (QED) is 0.603. The van der Waals surface area contributed by atoms with E-state index in [1.807, 2.05) is 31.2 Å². The van der Waals surface area contributed by atoms with Gasteiger partial charge in [-0.1, -0.05) is 24.0 Å². The number of benzene rings is 1. The molecule has 0 radical (unpaired) electrons. The van der Waals surface area contributed by atoms with Crippen molar-refractivity contribution < 1.29 is 14.6 Å². The van der Waals surface area contributed by atoms with E-state index in [-0.39, 0.29) is 6.61 Å². The Bertz CT molecular complexity index is 377. The first-order valence-electron chi connectivity index (χ1n) is 5.77. The third-order valence-corrected chi connectivity index (χ3v) is 2.04. The van der Waals surface area contributed by atoms with E-state index in [1.165, 1.54) is 0 Å². The molecule has 0 fully saturated rings. The Morgan fingerprint density at radius 2 is 2.06 bits per heavy atom. The molecule has 1 aromatic carbocycles. The van der Waals surface area contributed by atoms with E-state index < -0.39 is 0 Å². The largest absolute Gasteiger partial charge is 0.490 e. The van der Waals surface area contributed by atoms with E-state index in [0.717, 1.165) is 11.3 Å². The van der Waals surface area contributed by atoms with Crippen molar-refractivity contribution in [1.82, 2.24) is 0 Å². The molecule has 0 atom stereocenters. The molecule has 0 spiro atoms. The minimum Gasteiger partial charge on any atom is -0.490 e. The first-order chi connectivity index (χ1) is 8.38. The van der Waals surface area contributed by atoms with Crippen LogP contribution in [-0.4, -0.2) is 31.5 Å². The summed E-state index contributed by atoms with van der Waals surface area (Å²) in [6.07, 6.45) is 0.479. The maximum atomic E-state index is 8.66. The third-order valence-electron chi connectivity index (χ3n) is 2.04. The number of hydrogen-bond donors (Lipinski definition) is 1. The number of aliphatic hydroxyl groups excluding tert-OH is 1. The molecule has 0 aromatic heterocycles. The third kappa shape index (κ3) is 5.39. The van der Waals surface area contributed by atoms with Gasteiger partial charge < -0.3 is 14.6 Å². The highest BCUT2D eigenvalue weighted by atomic mass is 16.5. The Kier molecular flexibility index (Phi) is 6.89. The van der Waals surface area contributed by atoms with Crippen molar-refractivity contribution in [3.05, 3.63) is 29.8 Å². The Morgan fingerprint density at radius 1 is 1.24 bits per heavy atom. The van der Waals surface area contributed by atoms with Crippen molar-refractivity contribution in [2.75, 3.05) is 26.4 Å². The molecule has 0 saturated carbocycles. The molecule has 1 aromatic rings. The molecule has 0 amide bonds. The fourth-order valence-corrected chi connectivity index (χ4v) is 1.26. The normalized spacial score (nSPS) is 9.53. The lowest BCUT2D eigenvalue weighted by Gasteiger charge is -2.07. The zero-order valence-electron chi connectivity index (χ0n) is 10.1. The van der Waals surface area contributed by atoms with Crippen molar-refractivity contribution in [3.63, 3.8) is 0 Å². The predicted molar refractivity (Wildman–Crippen MR) is 67.0 cm³/mol. The number of rotatable bonds is 6. The molecule has 3 heteroatoms. The highest BCUT2D eigenvalue weighted by molar-refractivity contribution is 5.45. The molecule has 0 heterocycles. The summed E-state index contributed by atoms with van der Waals surface area (Å²) in [5, 5.41) is 8.66.